The molecule has 3 nitrogen and oxygen atoms in total. The van der Waals surface area contributed by atoms with Gasteiger partial charge in [0.25, 0.3) is 0 Å². The van der Waals surface area contributed by atoms with Gasteiger partial charge in [0.15, 0.2) is 0 Å². The highest BCUT2D eigenvalue weighted by molar-refractivity contribution is 5.42. The molecule has 0 bridgehead atoms. The minimum absolute atomic E-state index is 0.483. The molecule has 0 aliphatic carbocycles. The number of terminal acetylenes is 1. The molecule has 0 amide bonds. The minimum atomic E-state index is 0.483. The predicted molar refractivity (Wildman–Crippen MR) is 82.3 cm³/mol. The molecule has 0 aliphatic rings. The number of aromatic nitrogens is 1. The summed E-state index contributed by atoms with van der Waals surface area (Å²) in [5.41, 5.74) is 2.32. The third-order valence-electron chi connectivity index (χ3n) is 2.98. The minimum Gasteiger partial charge on any atom is -0.345 e. The monoisotopic (exact) mass is 259 g/mol. The van der Waals surface area contributed by atoms with E-state index in [2.05, 4.69) is 60.9 Å². The quantitative estimate of drug-likeness (QED) is 0.763. The Balaban J connectivity index is 2.82. The summed E-state index contributed by atoms with van der Waals surface area (Å²) in [7, 11) is 0. The van der Waals surface area contributed by atoms with Gasteiger partial charge in [-0.3, -0.25) is 0 Å². The number of hydrogen-bond acceptors (Lipinski definition) is 3. The normalized spacial score (nSPS) is 10.5. The highest BCUT2D eigenvalue weighted by Gasteiger charge is 2.08. The van der Waals surface area contributed by atoms with Crippen molar-refractivity contribution in [3.63, 3.8) is 0 Å². The molecule has 1 heterocycles. The van der Waals surface area contributed by atoms with Crippen LogP contribution in [0.25, 0.3) is 0 Å². The van der Waals surface area contributed by atoms with Gasteiger partial charge >= 0.3 is 0 Å². The number of hydrogen-bond donors (Lipinski definition) is 1. The summed E-state index contributed by atoms with van der Waals surface area (Å²) >= 11 is 0. The third-order valence-corrected chi connectivity index (χ3v) is 2.98. The summed E-state index contributed by atoms with van der Waals surface area (Å²) in [6.07, 6.45) is 6.49. The lowest BCUT2D eigenvalue weighted by Crippen LogP contribution is -2.26. The van der Waals surface area contributed by atoms with Crippen LogP contribution in [0.5, 0.6) is 0 Å². The Bertz CT molecular complexity index is 432. The summed E-state index contributed by atoms with van der Waals surface area (Å²) in [6.45, 7) is 10.9. The Morgan fingerprint density at radius 2 is 2.16 bits per heavy atom. The first-order valence-corrected chi connectivity index (χ1v) is 6.96. The SMILES string of the molecule is C#CCN(CCC)c1ccc(CNC(C)C)c(C)n1. The zero-order valence-corrected chi connectivity index (χ0v) is 12.5. The second-order valence-corrected chi connectivity index (χ2v) is 5.08. The van der Waals surface area contributed by atoms with Gasteiger partial charge in [0.05, 0.1) is 6.54 Å². The summed E-state index contributed by atoms with van der Waals surface area (Å²) in [4.78, 5) is 6.82. The van der Waals surface area contributed by atoms with Gasteiger partial charge in [-0.15, -0.1) is 6.42 Å². The van der Waals surface area contributed by atoms with E-state index < -0.39 is 0 Å². The maximum atomic E-state index is 5.42. The number of aryl methyl sites for hydroxylation is 1. The van der Waals surface area contributed by atoms with Crippen LogP contribution in [0, 0.1) is 19.3 Å². The molecule has 3 heteroatoms. The van der Waals surface area contributed by atoms with Crippen LogP contribution in [-0.4, -0.2) is 24.1 Å². The second kappa shape index (κ2) is 7.81. The molecular formula is C16H25N3. The molecule has 0 aromatic carbocycles. The molecule has 0 saturated heterocycles. The van der Waals surface area contributed by atoms with E-state index in [0.29, 0.717) is 12.6 Å². The zero-order valence-electron chi connectivity index (χ0n) is 12.5. The lowest BCUT2D eigenvalue weighted by Gasteiger charge is -2.21. The first kappa shape index (κ1) is 15.5. The number of anilines is 1. The number of nitrogens with zero attached hydrogens (tertiary/aromatic N) is 2. The van der Waals surface area contributed by atoms with Gasteiger partial charge in [0, 0.05) is 24.8 Å². The van der Waals surface area contributed by atoms with E-state index in [1.807, 2.05) is 0 Å². The Kier molecular flexibility index (Phi) is 6.38. The number of rotatable bonds is 7. The predicted octanol–water partition coefficient (Wildman–Crippen LogP) is 2.74. The van der Waals surface area contributed by atoms with Crippen molar-refractivity contribution < 1.29 is 0 Å². The third kappa shape index (κ3) is 4.92. The van der Waals surface area contributed by atoms with E-state index in [-0.39, 0.29) is 0 Å². The molecule has 1 rings (SSSR count). The Morgan fingerprint density at radius 1 is 1.42 bits per heavy atom. The van der Waals surface area contributed by atoms with Crippen molar-refractivity contribution >= 4 is 5.82 Å². The molecule has 0 unspecified atom stereocenters. The van der Waals surface area contributed by atoms with E-state index in [9.17, 15) is 0 Å². The van der Waals surface area contributed by atoms with Gasteiger partial charge in [-0.05, 0) is 25.0 Å². The summed E-state index contributed by atoms with van der Waals surface area (Å²) in [5.74, 6) is 3.68. The average Bonchev–Trinajstić information content (AvgIpc) is 2.37. The first-order chi connectivity index (χ1) is 9.08. The van der Waals surface area contributed by atoms with Crippen LogP contribution in [0.1, 0.15) is 38.4 Å². The molecule has 104 valence electrons. The molecule has 0 atom stereocenters. The van der Waals surface area contributed by atoms with Crippen LogP contribution in [0.4, 0.5) is 5.82 Å². The Labute approximate surface area is 117 Å². The van der Waals surface area contributed by atoms with E-state index >= 15 is 0 Å². The van der Waals surface area contributed by atoms with Gasteiger partial charge < -0.3 is 10.2 Å². The Morgan fingerprint density at radius 3 is 2.68 bits per heavy atom. The standard InChI is InChI=1S/C16H25N3/c1-6-10-19(11-7-2)16-9-8-15(14(5)18-16)12-17-13(3)4/h1,8-9,13,17H,7,10-12H2,2-5H3. The number of nitrogens with one attached hydrogen (secondary N) is 1. The average molecular weight is 259 g/mol. The molecule has 1 N–H and O–H groups in total. The van der Waals surface area contributed by atoms with Crippen molar-refractivity contribution in [2.75, 3.05) is 18.0 Å². The summed E-state index contributed by atoms with van der Waals surface area (Å²) in [6, 6.07) is 4.70. The van der Waals surface area contributed by atoms with E-state index in [4.69, 9.17) is 6.42 Å². The first-order valence-electron chi connectivity index (χ1n) is 6.96. The van der Waals surface area contributed by atoms with Crippen molar-refractivity contribution in [1.82, 2.24) is 10.3 Å². The molecule has 0 aliphatic heterocycles. The van der Waals surface area contributed by atoms with Crippen LogP contribution in [0.2, 0.25) is 0 Å². The maximum Gasteiger partial charge on any atom is 0.129 e. The van der Waals surface area contributed by atoms with Crippen LogP contribution in [0.15, 0.2) is 12.1 Å². The van der Waals surface area contributed by atoms with Gasteiger partial charge in [-0.25, -0.2) is 4.98 Å². The smallest absolute Gasteiger partial charge is 0.129 e. The summed E-state index contributed by atoms with van der Waals surface area (Å²) < 4.78 is 0. The van der Waals surface area contributed by atoms with Crippen molar-refractivity contribution in [2.45, 2.75) is 46.7 Å². The summed E-state index contributed by atoms with van der Waals surface area (Å²) in [5, 5.41) is 3.42. The van der Waals surface area contributed by atoms with Gasteiger partial charge in [-0.2, -0.15) is 0 Å². The van der Waals surface area contributed by atoms with Crippen molar-refractivity contribution in [3.8, 4) is 12.3 Å². The highest BCUT2D eigenvalue weighted by Crippen LogP contribution is 2.15. The van der Waals surface area contributed by atoms with Crippen molar-refractivity contribution in [2.24, 2.45) is 0 Å². The molecule has 1 aromatic heterocycles. The van der Waals surface area contributed by atoms with E-state index in [1.54, 1.807) is 0 Å². The lowest BCUT2D eigenvalue weighted by atomic mass is 10.2. The lowest BCUT2D eigenvalue weighted by molar-refractivity contribution is 0.586. The molecule has 0 radical (unpaired) electrons. The van der Waals surface area contributed by atoms with E-state index in [0.717, 1.165) is 31.0 Å². The Hall–Kier alpha value is -1.53. The molecule has 0 fully saturated rings. The largest absolute Gasteiger partial charge is 0.345 e. The van der Waals surface area contributed by atoms with Gasteiger partial charge in [0.1, 0.15) is 5.82 Å². The molecule has 0 spiro atoms. The topological polar surface area (TPSA) is 28.2 Å². The molecule has 0 saturated carbocycles. The maximum absolute atomic E-state index is 5.42. The van der Waals surface area contributed by atoms with Gasteiger partial charge in [-0.1, -0.05) is 32.8 Å². The van der Waals surface area contributed by atoms with E-state index in [1.165, 1.54) is 5.56 Å². The fraction of sp³-hybridized carbons (Fsp3) is 0.562. The fourth-order valence-electron chi connectivity index (χ4n) is 1.91. The van der Waals surface area contributed by atoms with Crippen molar-refractivity contribution in [1.29, 1.82) is 0 Å². The van der Waals surface area contributed by atoms with Crippen molar-refractivity contribution in [3.05, 3.63) is 23.4 Å². The fourth-order valence-corrected chi connectivity index (χ4v) is 1.91. The molecule has 1 aromatic rings. The molecular weight excluding hydrogens is 234 g/mol. The van der Waals surface area contributed by atoms with Gasteiger partial charge in [0.2, 0.25) is 0 Å². The van der Waals surface area contributed by atoms with Crippen LogP contribution in [-0.2, 0) is 6.54 Å². The highest BCUT2D eigenvalue weighted by atomic mass is 15.2. The number of pyridine rings is 1. The van der Waals surface area contributed by atoms with Crippen LogP contribution in [0.3, 0.4) is 0 Å². The van der Waals surface area contributed by atoms with Crippen LogP contribution < -0.4 is 10.2 Å². The molecule has 19 heavy (non-hydrogen) atoms. The zero-order chi connectivity index (χ0) is 14.3. The second-order valence-electron chi connectivity index (χ2n) is 5.08. The van der Waals surface area contributed by atoms with Crippen LogP contribution >= 0.6 is 0 Å².